The zero-order valence-corrected chi connectivity index (χ0v) is 9.80. The highest BCUT2D eigenvalue weighted by Crippen LogP contribution is 2.09. The number of carbonyl (C=O) groups is 1. The van der Waals surface area contributed by atoms with Crippen LogP contribution in [0.1, 0.15) is 36.5 Å². The van der Waals surface area contributed by atoms with Crippen LogP contribution in [0.5, 0.6) is 0 Å². The number of aryl methyl sites for hydroxylation is 1. The van der Waals surface area contributed by atoms with Gasteiger partial charge in [0.25, 0.3) is 0 Å². The van der Waals surface area contributed by atoms with E-state index in [9.17, 15) is 9.90 Å². The molecule has 0 fully saturated rings. The van der Waals surface area contributed by atoms with Gasteiger partial charge < -0.3 is 9.84 Å². The predicted octanol–water partition coefficient (Wildman–Crippen LogP) is 0.398. The molecule has 1 atom stereocenters. The van der Waals surface area contributed by atoms with E-state index in [0.717, 1.165) is 5.69 Å². The highest BCUT2D eigenvalue weighted by Gasteiger charge is 2.18. The summed E-state index contributed by atoms with van der Waals surface area (Å²) in [4.78, 5) is 11.4. The summed E-state index contributed by atoms with van der Waals surface area (Å²) in [6, 6.07) is 0. The number of aliphatic hydroxyl groups is 1. The molecule has 1 unspecified atom stereocenters. The molecule has 0 spiro atoms. The number of hydrogen-bond acceptors (Lipinski definition) is 5. The fourth-order valence-electron chi connectivity index (χ4n) is 1.43. The normalized spacial score (nSPS) is 12.5. The van der Waals surface area contributed by atoms with Crippen LogP contribution < -0.4 is 0 Å². The van der Waals surface area contributed by atoms with Crippen LogP contribution in [0.2, 0.25) is 0 Å². The molecule has 1 aromatic rings. The van der Waals surface area contributed by atoms with E-state index in [1.807, 2.05) is 6.92 Å². The Morgan fingerprint density at radius 1 is 1.62 bits per heavy atom. The molecule has 0 radical (unpaired) electrons. The number of aromatic nitrogens is 3. The van der Waals surface area contributed by atoms with E-state index >= 15 is 0 Å². The number of esters is 1. The van der Waals surface area contributed by atoms with Gasteiger partial charge in [-0.3, -0.25) is 0 Å². The maximum Gasteiger partial charge on any atom is 0.360 e. The Bertz CT molecular complexity index is 360. The quantitative estimate of drug-likeness (QED) is 0.737. The van der Waals surface area contributed by atoms with Crippen LogP contribution in [0, 0.1) is 0 Å². The van der Waals surface area contributed by atoms with Crippen LogP contribution in [-0.4, -0.2) is 39.3 Å². The van der Waals surface area contributed by atoms with Crippen LogP contribution in [-0.2, 0) is 17.7 Å². The lowest BCUT2D eigenvalue weighted by molar-refractivity contribution is 0.0592. The van der Waals surface area contributed by atoms with E-state index in [-0.39, 0.29) is 5.69 Å². The number of nitrogens with zero attached hydrogens (tertiary/aromatic N) is 3. The highest BCUT2D eigenvalue weighted by atomic mass is 16.5. The molecule has 6 heteroatoms. The second kappa shape index (κ2) is 5.60. The van der Waals surface area contributed by atoms with Crippen molar-refractivity contribution in [3.05, 3.63) is 11.4 Å². The highest BCUT2D eigenvalue weighted by molar-refractivity contribution is 5.88. The third-order valence-corrected chi connectivity index (χ3v) is 2.31. The molecule has 1 aromatic heterocycles. The molecular formula is C10H17N3O3. The van der Waals surface area contributed by atoms with Gasteiger partial charge in [-0.25, -0.2) is 9.48 Å². The van der Waals surface area contributed by atoms with Crippen molar-refractivity contribution in [3.63, 3.8) is 0 Å². The molecule has 16 heavy (non-hydrogen) atoms. The monoisotopic (exact) mass is 227 g/mol. The van der Waals surface area contributed by atoms with Gasteiger partial charge in [0.2, 0.25) is 0 Å². The van der Waals surface area contributed by atoms with Crippen LogP contribution in [0.25, 0.3) is 0 Å². The van der Waals surface area contributed by atoms with Gasteiger partial charge in [-0.1, -0.05) is 12.1 Å². The van der Waals surface area contributed by atoms with Gasteiger partial charge in [0.15, 0.2) is 5.69 Å². The minimum Gasteiger partial charge on any atom is -0.464 e. The van der Waals surface area contributed by atoms with Crippen LogP contribution >= 0.6 is 0 Å². The summed E-state index contributed by atoms with van der Waals surface area (Å²) in [6.45, 7) is 4.18. The predicted molar refractivity (Wildman–Crippen MR) is 57.0 cm³/mol. The summed E-state index contributed by atoms with van der Waals surface area (Å²) in [7, 11) is 1.32. The lowest BCUT2D eigenvalue weighted by atomic mass is 10.2. The van der Waals surface area contributed by atoms with Crippen molar-refractivity contribution in [2.24, 2.45) is 0 Å². The summed E-state index contributed by atoms with van der Waals surface area (Å²) in [5.74, 6) is -0.472. The Morgan fingerprint density at radius 2 is 2.31 bits per heavy atom. The van der Waals surface area contributed by atoms with Gasteiger partial charge in [-0.05, 0) is 19.8 Å². The number of methoxy groups -OCH3 is 1. The van der Waals surface area contributed by atoms with Gasteiger partial charge in [0.05, 0.1) is 18.9 Å². The third kappa shape index (κ3) is 2.79. The van der Waals surface area contributed by atoms with Gasteiger partial charge in [0.1, 0.15) is 0 Å². The Balaban J connectivity index is 2.86. The molecular weight excluding hydrogens is 210 g/mol. The Kier molecular flexibility index (Phi) is 4.42. The average molecular weight is 227 g/mol. The van der Waals surface area contributed by atoms with Crippen molar-refractivity contribution in [2.45, 2.75) is 39.3 Å². The van der Waals surface area contributed by atoms with Gasteiger partial charge in [-0.15, -0.1) is 5.10 Å². The molecule has 1 rings (SSSR count). The zero-order valence-electron chi connectivity index (χ0n) is 9.80. The molecule has 0 aliphatic heterocycles. The third-order valence-electron chi connectivity index (χ3n) is 2.31. The number of carbonyl (C=O) groups excluding carboxylic acids is 1. The minimum absolute atomic E-state index is 0.260. The minimum atomic E-state index is -0.472. The molecule has 1 N–H and O–H groups in total. The number of rotatable bonds is 5. The molecule has 6 nitrogen and oxygen atoms in total. The SMILES string of the molecule is CCc1c(C(=O)OC)nnn1CCC(C)O. The lowest BCUT2D eigenvalue weighted by Crippen LogP contribution is -2.12. The van der Waals surface area contributed by atoms with Crippen LogP contribution in [0.3, 0.4) is 0 Å². The van der Waals surface area contributed by atoms with Crippen molar-refractivity contribution in [1.82, 2.24) is 15.0 Å². The van der Waals surface area contributed by atoms with Crippen LogP contribution in [0.15, 0.2) is 0 Å². The maximum absolute atomic E-state index is 11.4. The summed E-state index contributed by atoms with van der Waals surface area (Å²) < 4.78 is 6.25. The maximum atomic E-state index is 11.4. The molecule has 90 valence electrons. The Morgan fingerprint density at radius 3 is 2.81 bits per heavy atom. The number of hydrogen-bond donors (Lipinski definition) is 1. The molecule has 0 aromatic carbocycles. The molecule has 0 saturated heterocycles. The van der Waals surface area contributed by atoms with E-state index < -0.39 is 12.1 Å². The average Bonchev–Trinajstić information content (AvgIpc) is 2.67. The first kappa shape index (κ1) is 12.6. The largest absolute Gasteiger partial charge is 0.464 e. The molecule has 0 aliphatic rings. The van der Waals surface area contributed by atoms with Gasteiger partial charge in [-0.2, -0.15) is 0 Å². The van der Waals surface area contributed by atoms with E-state index in [1.54, 1.807) is 11.6 Å². The van der Waals surface area contributed by atoms with Gasteiger partial charge in [0, 0.05) is 6.54 Å². The number of ether oxygens (including phenoxy) is 1. The Hall–Kier alpha value is -1.43. The van der Waals surface area contributed by atoms with E-state index in [1.165, 1.54) is 7.11 Å². The van der Waals surface area contributed by atoms with Gasteiger partial charge >= 0.3 is 5.97 Å². The first-order valence-corrected chi connectivity index (χ1v) is 5.28. The zero-order chi connectivity index (χ0) is 12.1. The van der Waals surface area contributed by atoms with Crippen molar-refractivity contribution in [2.75, 3.05) is 7.11 Å². The molecule has 1 heterocycles. The fourth-order valence-corrected chi connectivity index (χ4v) is 1.43. The van der Waals surface area contributed by atoms with E-state index in [0.29, 0.717) is 19.4 Å². The molecule has 0 saturated carbocycles. The lowest BCUT2D eigenvalue weighted by Gasteiger charge is -2.06. The topological polar surface area (TPSA) is 77.2 Å². The van der Waals surface area contributed by atoms with Crippen molar-refractivity contribution in [1.29, 1.82) is 0 Å². The summed E-state index contributed by atoms with van der Waals surface area (Å²) in [6.07, 6.45) is 0.837. The second-order valence-electron chi connectivity index (χ2n) is 3.59. The van der Waals surface area contributed by atoms with Crippen molar-refractivity contribution >= 4 is 5.97 Å². The molecule has 0 amide bonds. The molecule has 0 bridgehead atoms. The van der Waals surface area contributed by atoms with Crippen LogP contribution in [0.4, 0.5) is 0 Å². The second-order valence-corrected chi connectivity index (χ2v) is 3.59. The van der Waals surface area contributed by atoms with Crippen molar-refractivity contribution < 1.29 is 14.6 Å². The summed E-state index contributed by atoms with van der Waals surface area (Å²) >= 11 is 0. The Labute approximate surface area is 94.2 Å². The summed E-state index contributed by atoms with van der Waals surface area (Å²) in [5, 5.41) is 16.9. The fraction of sp³-hybridized carbons (Fsp3) is 0.700. The standard InChI is InChI=1S/C10H17N3O3/c1-4-8-9(10(15)16-3)11-12-13(8)6-5-7(2)14/h7,14H,4-6H2,1-3H3. The first-order chi connectivity index (χ1) is 7.60. The smallest absolute Gasteiger partial charge is 0.360 e. The van der Waals surface area contributed by atoms with Crippen molar-refractivity contribution in [3.8, 4) is 0 Å². The van der Waals surface area contributed by atoms with E-state index in [4.69, 9.17) is 0 Å². The summed E-state index contributed by atoms with van der Waals surface area (Å²) in [5.41, 5.74) is 1.00. The molecule has 0 aliphatic carbocycles. The first-order valence-electron chi connectivity index (χ1n) is 5.28. The number of aliphatic hydroxyl groups excluding tert-OH is 1. The van der Waals surface area contributed by atoms with E-state index in [2.05, 4.69) is 15.0 Å².